The van der Waals surface area contributed by atoms with Gasteiger partial charge in [-0.2, -0.15) is 0 Å². The number of anilines is 1. The molecule has 0 aliphatic rings. The molecule has 0 fully saturated rings. The molecule has 1 aromatic heterocycles. The number of ether oxygens (including phenoxy) is 1. The van der Waals surface area contributed by atoms with Gasteiger partial charge in [-0.1, -0.05) is 18.2 Å². The maximum atomic E-state index is 12.9. The highest BCUT2D eigenvalue weighted by Gasteiger charge is 2.31. The van der Waals surface area contributed by atoms with E-state index in [0.717, 1.165) is 23.3 Å². The van der Waals surface area contributed by atoms with E-state index in [4.69, 9.17) is 0 Å². The molecule has 0 radical (unpaired) electrons. The van der Waals surface area contributed by atoms with E-state index in [1.807, 2.05) is 38.1 Å². The number of urea groups is 1. The first-order valence-electron chi connectivity index (χ1n) is 10.8. The van der Waals surface area contributed by atoms with Gasteiger partial charge in [0.15, 0.2) is 0 Å². The lowest BCUT2D eigenvalue weighted by Gasteiger charge is -2.27. The van der Waals surface area contributed by atoms with Crippen molar-refractivity contribution in [1.29, 1.82) is 0 Å². The molecular formula is C25H25F3N4O3. The number of hydrogen-bond donors (Lipinski definition) is 2. The first-order chi connectivity index (χ1) is 16.6. The molecule has 7 nitrogen and oxygen atoms in total. The summed E-state index contributed by atoms with van der Waals surface area (Å²) in [5.41, 5.74) is 3.07. The second kappa shape index (κ2) is 10.9. The van der Waals surface area contributed by atoms with E-state index in [0.29, 0.717) is 16.9 Å². The SMILES string of the molecule is CNC(=O)c1ccnc(-c2cccc(CN(C(=O)Nc3ccc(OC(F)(F)F)cc3)C(C)C)c2)c1. The van der Waals surface area contributed by atoms with Crippen molar-refractivity contribution < 1.29 is 27.5 Å². The van der Waals surface area contributed by atoms with Gasteiger partial charge >= 0.3 is 12.4 Å². The third-order valence-electron chi connectivity index (χ3n) is 5.05. The normalized spacial score (nSPS) is 11.2. The monoisotopic (exact) mass is 486 g/mol. The van der Waals surface area contributed by atoms with Crippen LogP contribution in [0.3, 0.4) is 0 Å². The van der Waals surface area contributed by atoms with Crippen LogP contribution < -0.4 is 15.4 Å². The second-order valence-corrected chi connectivity index (χ2v) is 7.93. The van der Waals surface area contributed by atoms with Gasteiger partial charge in [0, 0.05) is 42.6 Å². The summed E-state index contributed by atoms with van der Waals surface area (Å²) in [5.74, 6) is -0.590. The van der Waals surface area contributed by atoms with Crippen molar-refractivity contribution in [3.8, 4) is 17.0 Å². The molecule has 2 aromatic carbocycles. The maximum absolute atomic E-state index is 12.9. The van der Waals surface area contributed by atoms with Crippen molar-refractivity contribution in [2.24, 2.45) is 0 Å². The van der Waals surface area contributed by atoms with Crippen molar-refractivity contribution in [1.82, 2.24) is 15.2 Å². The van der Waals surface area contributed by atoms with Crippen molar-refractivity contribution in [3.05, 3.63) is 78.0 Å². The summed E-state index contributed by atoms with van der Waals surface area (Å²) < 4.78 is 40.9. The Kier molecular flexibility index (Phi) is 7.95. The Hall–Kier alpha value is -4.08. The summed E-state index contributed by atoms with van der Waals surface area (Å²) >= 11 is 0. The molecule has 0 aliphatic heterocycles. The van der Waals surface area contributed by atoms with Gasteiger partial charge < -0.3 is 20.3 Å². The van der Waals surface area contributed by atoms with Crippen LogP contribution in [0.15, 0.2) is 66.9 Å². The third kappa shape index (κ3) is 7.20. The first-order valence-corrected chi connectivity index (χ1v) is 10.8. The van der Waals surface area contributed by atoms with Crippen LogP contribution in [0.25, 0.3) is 11.3 Å². The minimum absolute atomic E-state index is 0.166. The Bertz CT molecular complexity index is 1180. The molecule has 0 saturated heterocycles. The average Bonchev–Trinajstić information content (AvgIpc) is 2.82. The van der Waals surface area contributed by atoms with E-state index in [2.05, 4.69) is 20.4 Å². The second-order valence-electron chi connectivity index (χ2n) is 7.93. The van der Waals surface area contributed by atoms with E-state index in [9.17, 15) is 22.8 Å². The fraction of sp³-hybridized carbons (Fsp3) is 0.240. The Balaban J connectivity index is 1.74. The molecule has 1 heterocycles. The number of pyridine rings is 1. The smallest absolute Gasteiger partial charge is 0.406 e. The Morgan fingerprint density at radius 1 is 1.06 bits per heavy atom. The van der Waals surface area contributed by atoms with Gasteiger partial charge in [0.05, 0.1) is 5.69 Å². The molecule has 0 saturated carbocycles. The van der Waals surface area contributed by atoms with Crippen molar-refractivity contribution in [2.45, 2.75) is 32.8 Å². The number of amides is 3. The molecule has 0 bridgehead atoms. The molecule has 0 unspecified atom stereocenters. The number of carbonyl (C=O) groups excluding carboxylic acids is 2. The number of nitrogens with one attached hydrogen (secondary N) is 2. The van der Waals surface area contributed by atoms with Crippen LogP contribution in [0.1, 0.15) is 29.8 Å². The van der Waals surface area contributed by atoms with Gasteiger partial charge in [-0.25, -0.2) is 4.79 Å². The van der Waals surface area contributed by atoms with Crippen molar-refractivity contribution >= 4 is 17.6 Å². The average molecular weight is 486 g/mol. The number of alkyl halides is 3. The summed E-state index contributed by atoms with van der Waals surface area (Å²) in [4.78, 5) is 30.8. The van der Waals surface area contributed by atoms with E-state index in [1.54, 1.807) is 30.3 Å². The van der Waals surface area contributed by atoms with E-state index < -0.39 is 12.4 Å². The van der Waals surface area contributed by atoms with Gasteiger partial charge in [-0.15, -0.1) is 13.2 Å². The van der Waals surface area contributed by atoms with Gasteiger partial charge in [0.25, 0.3) is 5.91 Å². The summed E-state index contributed by atoms with van der Waals surface area (Å²) in [6.07, 6.45) is -3.22. The standard InChI is InChI=1S/C25H25F3N4O3/c1-16(2)32(24(34)31-20-7-9-21(10-8-20)35-25(26,27)28)15-17-5-4-6-18(13-17)22-14-19(11-12-30-22)23(33)29-3/h4-14,16H,15H2,1-3H3,(H,29,33)(H,31,34). The molecule has 10 heteroatoms. The van der Waals surface area contributed by atoms with Crippen LogP contribution in [0.4, 0.5) is 23.7 Å². The van der Waals surface area contributed by atoms with Crippen LogP contribution in [0.2, 0.25) is 0 Å². The zero-order chi connectivity index (χ0) is 25.6. The predicted octanol–water partition coefficient (Wildman–Crippen LogP) is 5.45. The predicted molar refractivity (Wildman–Crippen MR) is 126 cm³/mol. The summed E-state index contributed by atoms with van der Waals surface area (Å²) in [7, 11) is 1.55. The molecule has 3 aromatic rings. The van der Waals surface area contributed by atoms with Crippen molar-refractivity contribution in [2.75, 3.05) is 12.4 Å². The number of hydrogen-bond acceptors (Lipinski definition) is 4. The highest BCUT2D eigenvalue weighted by molar-refractivity contribution is 5.94. The van der Waals surface area contributed by atoms with Gasteiger partial charge in [-0.05, 0) is 61.9 Å². The number of carbonyl (C=O) groups is 2. The number of benzene rings is 2. The zero-order valence-electron chi connectivity index (χ0n) is 19.4. The Morgan fingerprint density at radius 2 is 1.77 bits per heavy atom. The lowest BCUT2D eigenvalue weighted by Crippen LogP contribution is -2.39. The molecule has 3 amide bonds. The minimum atomic E-state index is -4.78. The van der Waals surface area contributed by atoms with Crippen LogP contribution in [-0.2, 0) is 6.54 Å². The number of halogens is 3. The molecule has 2 N–H and O–H groups in total. The fourth-order valence-electron chi connectivity index (χ4n) is 3.32. The number of rotatable bonds is 7. The molecule has 0 atom stereocenters. The highest BCUT2D eigenvalue weighted by Crippen LogP contribution is 2.25. The van der Waals surface area contributed by atoms with Crippen LogP contribution in [0.5, 0.6) is 5.75 Å². The van der Waals surface area contributed by atoms with Crippen LogP contribution >= 0.6 is 0 Å². The third-order valence-corrected chi connectivity index (χ3v) is 5.05. The molecule has 35 heavy (non-hydrogen) atoms. The number of nitrogens with zero attached hydrogens (tertiary/aromatic N) is 2. The minimum Gasteiger partial charge on any atom is -0.406 e. The Morgan fingerprint density at radius 3 is 2.40 bits per heavy atom. The zero-order valence-corrected chi connectivity index (χ0v) is 19.4. The van der Waals surface area contributed by atoms with E-state index >= 15 is 0 Å². The lowest BCUT2D eigenvalue weighted by molar-refractivity contribution is -0.274. The molecule has 3 rings (SSSR count). The molecule has 0 spiro atoms. The van der Waals surface area contributed by atoms with Gasteiger partial charge in [0.1, 0.15) is 5.75 Å². The Labute approximate surface area is 200 Å². The number of aromatic nitrogens is 1. The molecular weight excluding hydrogens is 461 g/mol. The summed E-state index contributed by atoms with van der Waals surface area (Å²) in [5, 5.41) is 5.28. The maximum Gasteiger partial charge on any atom is 0.573 e. The topological polar surface area (TPSA) is 83.6 Å². The summed E-state index contributed by atoms with van der Waals surface area (Å²) in [6.45, 7) is 4.00. The van der Waals surface area contributed by atoms with E-state index in [1.165, 1.54) is 12.1 Å². The van der Waals surface area contributed by atoms with Crippen molar-refractivity contribution in [3.63, 3.8) is 0 Å². The van der Waals surface area contributed by atoms with Gasteiger partial charge in [0.2, 0.25) is 0 Å². The quantitative estimate of drug-likeness (QED) is 0.465. The van der Waals surface area contributed by atoms with E-state index in [-0.39, 0.29) is 24.2 Å². The summed E-state index contributed by atoms with van der Waals surface area (Å²) in [6, 6.07) is 15.1. The van der Waals surface area contributed by atoms with Gasteiger partial charge in [-0.3, -0.25) is 9.78 Å². The fourth-order valence-corrected chi connectivity index (χ4v) is 3.32. The van der Waals surface area contributed by atoms with Crippen LogP contribution in [-0.4, -0.2) is 41.3 Å². The largest absolute Gasteiger partial charge is 0.573 e. The van der Waals surface area contributed by atoms with Crippen LogP contribution in [0, 0.1) is 0 Å². The molecule has 0 aliphatic carbocycles. The molecule has 184 valence electrons. The first kappa shape index (κ1) is 25.5. The lowest BCUT2D eigenvalue weighted by atomic mass is 10.1. The highest BCUT2D eigenvalue weighted by atomic mass is 19.4.